The van der Waals surface area contributed by atoms with E-state index in [1.807, 2.05) is 20.8 Å². The molecule has 1 aromatic heterocycles. The van der Waals surface area contributed by atoms with Gasteiger partial charge in [0.25, 0.3) is 0 Å². The lowest BCUT2D eigenvalue weighted by molar-refractivity contribution is -0.131. The lowest BCUT2D eigenvalue weighted by atomic mass is 9.96. The summed E-state index contributed by atoms with van der Waals surface area (Å²) in [4.78, 5) is 18.2. The van der Waals surface area contributed by atoms with Crippen LogP contribution in [0.5, 0.6) is 0 Å². The summed E-state index contributed by atoms with van der Waals surface area (Å²) < 4.78 is 19.1. The van der Waals surface area contributed by atoms with E-state index in [1.54, 1.807) is 37.1 Å². The van der Waals surface area contributed by atoms with Gasteiger partial charge in [0.05, 0.1) is 6.04 Å². The second kappa shape index (κ2) is 7.11. The number of halogens is 1. The first-order valence-electron chi connectivity index (χ1n) is 8.03. The molecule has 2 aromatic rings. The van der Waals surface area contributed by atoms with Gasteiger partial charge in [0.2, 0.25) is 11.8 Å². The van der Waals surface area contributed by atoms with Crippen LogP contribution in [-0.2, 0) is 16.6 Å². The van der Waals surface area contributed by atoms with E-state index in [-0.39, 0.29) is 29.6 Å². The van der Waals surface area contributed by atoms with Crippen molar-refractivity contribution < 1.29 is 13.7 Å². The molecular formula is C18H24FN3O2. The SMILES string of the molecule is CC(c1ccccc1F)N(C)C(=O)CCc1nc(C(C)(C)C)no1. The number of aromatic nitrogens is 2. The number of hydrogen-bond acceptors (Lipinski definition) is 4. The Balaban J connectivity index is 1.97. The molecule has 0 bridgehead atoms. The Kier molecular flexibility index (Phi) is 5.36. The summed E-state index contributed by atoms with van der Waals surface area (Å²) in [6.45, 7) is 7.80. The summed E-state index contributed by atoms with van der Waals surface area (Å²) in [7, 11) is 1.67. The Morgan fingerprint density at radius 2 is 2.00 bits per heavy atom. The van der Waals surface area contributed by atoms with Crippen molar-refractivity contribution in [2.24, 2.45) is 0 Å². The fourth-order valence-electron chi connectivity index (χ4n) is 2.29. The van der Waals surface area contributed by atoms with Gasteiger partial charge in [-0.1, -0.05) is 44.1 Å². The van der Waals surface area contributed by atoms with Crippen LogP contribution in [0.15, 0.2) is 28.8 Å². The van der Waals surface area contributed by atoms with Crippen molar-refractivity contribution in [3.05, 3.63) is 47.4 Å². The minimum Gasteiger partial charge on any atom is -0.339 e. The van der Waals surface area contributed by atoms with E-state index >= 15 is 0 Å². The molecule has 1 amide bonds. The van der Waals surface area contributed by atoms with Gasteiger partial charge in [-0.25, -0.2) is 4.39 Å². The third-order valence-electron chi connectivity index (χ3n) is 4.02. The van der Waals surface area contributed by atoms with E-state index in [9.17, 15) is 9.18 Å². The zero-order valence-electron chi connectivity index (χ0n) is 14.8. The number of carbonyl (C=O) groups excluding carboxylic acids is 1. The van der Waals surface area contributed by atoms with Crippen molar-refractivity contribution in [1.82, 2.24) is 15.0 Å². The summed E-state index contributed by atoms with van der Waals surface area (Å²) in [6, 6.07) is 6.15. The van der Waals surface area contributed by atoms with Crippen molar-refractivity contribution >= 4 is 5.91 Å². The topological polar surface area (TPSA) is 59.2 Å². The van der Waals surface area contributed by atoms with Gasteiger partial charge in [-0.2, -0.15) is 4.98 Å². The highest BCUT2D eigenvalue weighted by atomic mass is 19.1. The van der Waals surface area contributed by atoms with Crippen LogP contribution >= 0.6 is 0 Å². The Morgan fingerprint density at radius 1 is 1.33 bits per heavy atom. The first kappa shape index (κ1) is 18.1. The number of amides is 1. The molecule has 0 radical (unpaired) electrons. The van der Waals surface area contributed by atoms with Crippen LogP contribution in [0, 0.1) is 5.82 Å². The first-order valence-corrected chi connectivity index (χ1v) is 8.03. The maximum atomic E-state index is 13.9. The normalized spacial score (nSPS) is 12.9. The molecule has 0 N–H and O–H groups in total. The molecule has 0 aliphatic carbocycles. The van der Waals surface area contributed by atoms with Gasteiger partial charge in [0, 0.05) is 30.9 Å². The minimum absolute atomic E-state index is 0.0961. The van der Waals surface area contributed by atoms with Crippen LogP contribution in [0.3, 0.4) is 0 Å². The molecule has 0 saturated carbocycles. The maximum Gasteiger partial charge on any atom is 0.227 e. The molecule has 1 aromatic carbocycles. The lowest BCUT2D eigenvalue weighted by Crippen LogP contribution is -2.30. The molecule has 1 unspecified atom stereocenters. The lowest BCUT2D eigenvalue weighted by Gasteiger charge is -2.25. The molecule has 24 heavy (non-hydrogen) atoms. The van der Waals surface area contributed by atoms with Crippen molar-refractivity contribution in [3.8, 4) is 0 Å². The third-order valence-corrected chi connectivity index (χ3v) is 4.02. The van der Waals surface area contributed by atoms with Gasteiger partial charge >= 0.3 is 0 Å². The van der Waals surface area contributed by atoms with Gasteiger partial charge in [-0.3, -0.25) is 4.79 Å². The first-order chi connectivity index (χ1) is 11.2. The molecule has 1 heterocycles. The van der Waals surface area contributed by atoms with Crippen LogP contribution in [0.1, 0.15) is 57.4 Å². The summed E-state index contributed by atoms with van der Waals surface area (Å²) >= 11 is 0. The van der Waals surface area contributed by atoms with Gasteiger partial charge in [-0.15, -0.1) is 0 Å². The standard InChI is InChI=1S/C18H24FN3O2/c1-12(13-8-6-7-9-14(13)19)22(5)16(23)11-10-15-20-17(21-24-15)18(2,3)4/h6-9,12H,10-11H2,1-5H3. The average Bonchev–Trinajstić information content (AvgIpc) is 3.01. The van der Waals surface area contributed by atoms with Gasteiger partial charge in [-0.05, 0) is 13.0 Å². The number of rotatable bonds is 5. The molecule has 0 saturated heterocycles. The average molecular weight is 333 g/mol. The second-order valence-electron chi connectivity index (χ2n) is 6.96. The Labute approximate surface area is 141 Å². The predicted octanol–water partition coefficient (Wildman–Crippen LogP) is 3.66. The van der Waals surface area contributed by atoms with Crippen LogP contribution in [-0.4, -0.2) is 28.0 Å². The van der Waals surface area contributed by atoms with E-state index in [1.165, 1.54) is 6.07 Å². The highest BCUT2D eigenvalue weighted by Crippen LogP contribution is 2.23. The number of nitrogens with zero attached hydrogens (tertiary/aromatic N) is 3. The van der Waals surface area contributed by atoms with Crippen molar-refractivity contribution in [3.63, 3.8) is 0 Å². The van der Waals surface area contributed by atoms with Crippen molar-refractivity contribution in [2.75, 3.05) is 7.05 Å². The number of aryl methyl sites for hydroxylation is 1. The number of benzene rings is 1. The van der Waals surface area contributed by atoms with Crippen LogP contribution in [0.2, 0.25) is 0 Å². The molecular weight excluding hydrogens is 309 g/mol. The smallest absolute Gasteiger partial charge is 0.227 e. The molecule has 1 atom stereocenters. The number of carbonyl (C=O) groups is 1. The summed E-state index contributed by atoms with van der Waals surface area (Å²) in [5, 5.41) is 3.94. The van der Waals surface area contributed by atoms with E-state index in [0.29, 0.717) is 23.7 Å². The van der Waals surface area contributed by atoms with E-state index in [0.717, 1.165) is 0 Å². The Hall–Kier alpha value is -2.24. The molecule has 5 nitrogen and oxygen atoms in total. The number of hydrogen-bond donors (Lipinski definition) is 0. The zero-order chi connectivity index (χ0) is 17.9. The Bertz CT molecular complexity index is 706. The zero-order valence-corrected chi connectivity index (χ0v) is 14.8. The van der Waals surface area contributed by atoms with Crippen molar-refractivity contribution in [2.45, 2.75) is 52.0 Å². The van der Waals surface area contributed by atoms with Crippen LogP contribution in [0.25, 0.3) is 0 Å². The monoisotopic (exact) mass is 333 g/mol. The minimum atomic E-state index is -0.341. The third kappa shape index (κ3) is 4.19. The van der Waals surface area contributed by atoms with Crippen molar-refractivity contribution in [1.29, 1.82) is 0 Å². The Morgan fingerprint density at radius 3 is 2.58 bits per heavy atom. The highest BCUT2D eigenvalue weighted by Gasteiger charge is 2.23. The van der Waals surface area contributed by atoms with Crippen LogP contribution in [0.4, 0.5) is 4.39 Å². The van der Waals surface area contributed by atoms with Crippen LogP contribution < -0.4 is 0 Å². The molecule has 0 spiro atoms. The highest BCUT2D eigenvalue weighted by molar-refractivity contribution is 5.76. The fraction of sp³-hybridized carbons (Fsp3) is 0.500. The van der Waals surface area contributed by atoms with E-state index in [2.05, 4.69) is 10.1 Å². The molecule has 2 rings (SSSR count). The van der Waals surface area contributed by atoms with E-state index < -0.39 is 0 Å². The molecule has 0 aliphatic heterocycles. The molecule has 0 aliphatic rings. The van der Waals surface area contributed by atoms with Gasteiger partial charge < -0.3 is 9.42 Å². The van der Waals surface area contributed by atoms with Gasteiger partial charge in [0.1, 0.15) is 5.82 Å². The molecule has 130 valence electrons. The quantitative estimate of drug-likeness (QED) is 0.838. The predicted molar refractivity (Wildman–Crippen MR) is 88.9 cm³/mol. The molecule has 6 heteroatoms. The maximum absolute atomic E-state index is 13.9. The second-order valence-corrected chi connectivity index (χ2v) is 6.96. The molecule has 0 fully saturated rings. The van der Waals surface area contributed by atoms with E-state index in [4.69, 9.17) is 4.52 Å². The summed E-state index contributed by atoms with van der Waals surface area (Å²) in [6.07, 6.45) is 0.608. The van der Waals surface area contributed by atoms with Gasteiger partial charge in [0.15, 0.2) is 5.82 Å². The summed E-state index contributed by atoms with van der Waals surface area (Å²) in [5.74, 6) is 0.663. The summed E-state index contributed by atoms with van der Waals surface area (Å²) in [5.41, 5.74) is 0.309. The fourth-order valence-corrected chi connectivity index (χ4v) is 2.29. The largest absolute Gasteiger partial charge is 0.339 e.